The van der Waals surface area contributed by atoms with Crippen LogP contribution in [0.3, 0.4) is 0 Å². The second-order valence-electron chi connectivity index (χ2n) is 16.7. The Bertz CT molecular complexity index is 1520. The van der Waals surface area contributed by atoms with E-state index in [1.165, 1.54) is 52.8 Å². The number of epoxide rings is 3. The van der Waals surface area contributed by atoms with Crippen LogP contribution >= 0.6 is 0 Å². The van der Waals surface area contributed by atoms with Crippen molar-refractivity contribution in [2.24, 2.45) is 11.8 Å². The highest BCUT2D eigenvalue weighted by Crippen LogP contribution is 2.37. The molecular weight excluding hydrogens is 631 g/mol. The quantitative estimate of drug-likeness (QED) is 0.0981. The van der Waals surface area contributed by atoms with Crippen LogP contribution < -0.4 is 4.90 Å². The number of ketones is 1. The third kappa shape index (κ3) is 10.3. The van der Waals surface area contributed by atoms with Gasteiger partial charge < -0.3 is 19.1 Å². The van der Waals surface area contributed by atoms with E-state index in [1.807, 2.05) is 0 Å². The summed E-state index contributed by atoms with van der Waals surface area (Å²) < 4.78 is 16.6. The molecule has 0 radical (unpaired) electrons. The lowest BCUT2D eigenvalue weighted by Gasteiger charge is -2.30. The molecule has 0 spiro atoms. The Hall–Kier alpha value is -2.99. The number of unbranched alkanes of at least 4 members (excludes halogenated alkanes) is 1. The zero-order valence-corrected chi connectivity index (χ0v) is 32.3. The summed E-state index contributed by atoms with van der Waals surface area (Å²) in [5, 5.41) is 0. The van der Waals surface area contributed by atoms with Crippen molar-refractivity contribution < 1.29 is 19.0 Å². The van der Waals surface area contributed by atoms with Crippen LogP contribution in [0.5, 0.6) is 0 Å². The average Bonchev–Trinajstić information content (AvgIpc) is 3.99. The third-order valence-corrected chi connectivity index (χ3v) is 12.1. The maximum Gasteiger partial charge on any atom is 0.136 e. The number of nitrogens with zero attached hydrogens (tertiary/aromatic N) is 1. The molecule has 51 heavy (non-hydrogen) atoms. The molecule has 3 saturated heterocycles. The predicted octanol–water partition coefficient (Wildman–Crippen LogP) is 9.85. The molecule has 0 amide bonds. The van der Waals surface area contributed by atoms with E-state index in [-0.39, 0.29) is 16.7 Å². The molecule has 5 nitrogen and oxygen atoms in total. The number of carbonyl (C=O) groups is 1. The minimum Gasteiger partial charge on any atom is -0.373 e. The van der Waals surface area contributed by atoms with Crippen LogP contribution in [-0.2, 0) is 36.3 Å². The molecule has 3 heterocycles. The number of benzene rings is 3. The van der Waals surface area contributed by atoms with Gasteiger partial charge in [-0.15, -0.1) is 0 Å². The molecule has 3 fully saturated rings. The number of Topliss-reactive ketones (excluding diaryl/α,β-unsaturated/α-hetero) is 1. The molecule has 276 valence electrons. The Labute approximate surface area is 308 Å². The summed E-state index contributed by atoms with van der Waals surface area (Å²) in [4.78, 5) is 15.9. The van der Waals surface area contributed by atoms with Gasteiger partial charge in [0.15, 0.2) is 0 Å². The molecule has 0 aromatic heterocycles. The molecule has 0 saturated carbocycles. The van der Waals surface area contributed by atoms with Crippen molar-refractivity contribution in [2.75, 3.05) is 37.8 Å². The van der Waals surface area contributed by atoms with Crippen molar-refractivity contribution in [1.82, 2.24) is 0 Å². The molecule has 0 N–H and O–H groups in total. The van der Waals surface area contributed by atoms with Gasteiger partial charge in [0.1, 0.15) is 5.78 Å². The van der Waals surface area contributed by atoms with Gasteiger partial charge >= 0.3 is 0 Å². The summed E-state index contributed by atoms with van der Waals surface area (Å²) in [6.45, 7) is 18.2. The minimum atomic E-state index is -0.126. The average molecular weight is 694 g/mol. The molecule has 6 rings (SSSR count). The summed E-state index contributed by atoms with van der Waals surface area (Å²) in [5.74, 6) is 1.15. The van der Waals surface area contributed by atoms with Crippen LogP contribution in [0.1, 0.15) is 121 Å². The van der Waals surface area contributed by atoms with Crippen LogP contribution in [-0.4, -0.2) is 57.0 Å². The summed E-state index contributed by atoms with van der Waals surface area (Å²) in [7, 11) is 0. The van der Waals surface area contributed by atoms with Crippen LogP contribution in [0.25, 0.3) is 0 Å². The second-order valence-corrected chi connectivity index (χ2v) is 16.7. The zero-order valence-electron chi connectivity index (χ0n) is 32.3. The van der Waals surface area contributed by atoms with Crippen molar-refractivity contribution in [3.63, 3.8) is 0 Å². The molecule has 5 heteroatoms. The van der Waals surface area contributed by atoms with Gasteiger partial charge in [0.2, 0.25) is 0 Å². The smallest absolute Gasteiger partial charge is 0.136 e. The van der Waals surface area contributed by atoms with E-state index in [0.29, 0.717) is 30.0 Å². The first-order valence-corrected chi connectivity index (χ1v) is 20.0. The van der Waals surface area contributed by atoms with Crippen LogP contribution in [0.2, 0.25) is 0 Å². The van der Waals surface area contributed by atoms with Crippen molar-refractivity contribution in [2.45, 2.75) is 128 Å². The van der Waals surface area contributed by atoms with E-state index < -0.39 is 0 Å². The highest BCUT2D eigenvalue weighted by atomic mass is 16.6. The Morgan fingerprint density at radius 3 is 1.61 bits per heavy atom. The Kier molecular flexibility index (Phi) is 12.4. The monoisotopic (exact) mass is 693 g/mol. The van der Waals surface area contributed by atoms with Gasteiger partial charge in [0.25, 0.3) is 0 Å². The third-order valence-electron chi connectivity index (χ3n) is 12.1. The zero-order chi connectivity index (χ0) is 36.0. The second kappa shape index (κ2) is 16.8. The Morgan fingerprint density at radius 1 is 0.686 bits per heavy atom. The number of anilines is 1. The molecule has 3 aliphatic rings. The fourth-order valence-corrected chi connectivity index (χ4v) is 7.76. The van der Waals surface area contributed by atoms with E-state index >= 15 is 0 Å². The first kappa shape index (κ1) is 37.8. The van der Waals surface area contributed by atoms with E-state index in [9.17, 15) is 4.79 Å². The summed E-state index contributed by atoms with van der Waals surface area (Å²) in [6.07, 6.45) is 10.4. The van der Waals surface area contributed by atoms with E-state index in [2.05, 4.69) is 119 Å². The number of hydrogen-bond acceptors (Lipinski definition) is 5. The Morgan fingerprint density at radius 2 is 1.16 bits per heavy atom. The van der Waals surface area contributed by atoms with Crippen molar-refractivity contribution in [1.29, 1.82) is 0 Å². The molecule has 3 aromatic rings. The fourth-order valence-electron chi connectivity index (χ4n) is 7.76. The number of ether oxygens (including phenoxy) is 3. The van der Waals surface area contributed by atoms with Crippen LogP contribution in [0.15, 0.2) is 72.8 Å². The van der Waals surface area contributed by atoms with Crippen molar-refractivity contribution in [3.8, 4) is 0 Å². The maximum atomic E-state index is 13.5. The highest BCUT2D eigenvalue weighted by Gasteiger charge is 2.32. The first-order valence-electron chi connectivity index (χ1n) is 20.0. The lowest BCUT2D eigenvalue weighted by atomic mass is 9.74. The standard InChI is InChI=1S/C46H63NO4/c1-7-9-10-33(8-2)27-44(48)35(15-26-41-30-49-41)14-11-34-12-16-36(17-13-34)45(3,4)37-18-20-38(21-19-37)46(5,6)39-22-24-40(25-23-39)47(28-42-31-50-42)29-43-32-51-43/h12-13,16-25,33,35,41-43H,7-11,14-15,26-32H2,1-6H3. The minimum absolute atomic E-state index is 0.120. The molecular formula is C46H63NO4. The molecule has 0 bridgehead atoms. The van der Waals surface area contributed by atoms with Gasteiger partial charge in [0, 0.05) is 41.9 Å². The molecule has 5 atom stereocenters. The largest absolute Gasteiger partial charge is 0.373 e. The maximum absolute atomic E-state index is 13.5. The molecule has 3 aromatic carbocycles. The molecule has 3 aliphatic heterocycles. The lowest BCUT2D eigenvalue weighted by molar-refractivity contribution is -0.124. The van der Waals surface area contributed by atoms with E-state index in [1.54, 1.807) is 0 Å². The lowest BCUT2D eigenvalue weighted by Crippen LogP contribution is -2.31. The molecule has 0 aliphatic carbocycles. The summed E-state index contributed by atoms with van der Waals surface area (Å²) >= 11 is 0. The normalized spacial score (nSPS) is 20.9. The van der Waals surface area contributed by atoms with E-state index in [4.69, 9.17) is 14.2 Å². The van der Waals surface area contributed by atoms with Gasteiger partial charge in [-0.3, -0.25) is 4.79 Å². The van der Waals surface area contributed by atoms with Crippen LogP contribution in [0.4, 0.5) is 5.69 Å². The first-order chi connectivity index (χ1) is 24.6. The number of hydrogen-bond donors (Lipinski definition) is 0. The molecule has 5 unspecified atom stereocenters. The van der Waals surface area contributed by atoms with Gasteiger partial charge in [-0.1, -0.05) is 128 Å². The SMILES string of the molecule is CCCCC(CC)CC(=O)C(CCc1ccc(C(C)(C)c2ccc(C(C)(C)c3ccc(N(CC4CO4)CC4CO4)cc3)cc2)cc1)CCC1CO1. The number of aryl methyl sites for hydroxylation is 1. The topological polar surface area (TPSA) is 57.9 Å². The number of rotatable bonds is 22. The summed E-state index contributed by atoms with van der Waals surface area (Å²) in [5.41, 5.74) is 7.56. The van der Waals surface area contributed by atoms with Gasteiger partial charge in [0.05, 0.1) is 38.1 Å². The Balaban J connectivity index is 1.07. The fraction of sp³-hybridized carbons (Fsp3) is 0.587. The van der Waals surface area contributed by atoms with Crippen molar-refractivity contribution in [3.05, 3.63) is 101 Å². The predicted molar refractivity (Wildman–Crippen MR) is 209 cm³/mol. The summed E-state index contributed by atoms with van der Waals surface area (Å²) in [6, 6.07) is 27.5. The van der Waals surface area contributed by atoms with Crippen LogP contribution in [0, 0.1) is 11.8 Å². The van der Waals surface area contributed by atoms with E-state index in [0.717, 1.165) is 71.4 Å². The highest BCUT2D eigenvalue weighted by molar-refractivity contribution is 5.81. The van der Waals surface area contributed by atoms with Gasteiger partial charge in [-0.2, -0.15) is 0 Å². The van der Waals surface area contributed by atoms with Crippen molar-refractivity contribution >= 4 is 11.5 Å². The van der Waals surface area contributed by atoms with Gasteiger partial charge in [-0.05, 0) is 71.6 Å². The number of carbonyl (C=O) groups excluding carboxylic acids is 1. The van der Waals surface area contributed by atoms with Gasteiger partial charge in [-0.25, -0.2) is 0 Å².